The molecule has 0 spiro atoms. The first-order valence-corrected chi connectivity index (χ1v) is 13.9. The smallest absolute Gasteiger partial charge is 0.308 e. The maximum atomic E-state index is 12.6. The lowest BCUT2D eigenvalue weighted by molar-refractivity contribution is -0.158. The van der Waals surface area contributed by atoms with Crippen molar-refractivity contribution in [3.63, 3.8) is 0 Å². The Hall–Kier alpha value is -1.66. The molecule has 3 aliphatic rings. The number of likely N-dealkylation sites (tertiary alicyclic amines) is 1. The number of carbonyl (C=O) groups excluding carboxylic acids is 2. The molecule has 2 N–H and O–H groups in total. The second-order valence-electron chi connectivity index (χ2n) is 11.3. The summed E-state index contributed by atoms with van der Waals surface area (Å²) in [5, 5.41) is 21.2. The monoisotopic (exact) mass is 489 g/mol. The SMILES string of the molecule is CCC(C)C(=O)O[C@H]1C[C@@H](C)C=C2C=C[C@H](C)[C@H](CC[C@@H](O)C[C@@H](O)CC(=O)N3CCCCC3)[C@H]21. The molecular weight excluding hydrogens is 442 g/mol. The fourth-order valence-electron chi connectivity index (χ4n) is 6.03. The Kier molecular flexibility index (Phi) is 10.4. The van der Waals surface area contributed by atoms with Crippen molar-refractivity contribution in [3.05, 3.63) is 23.8 Å². The predicted molar refractivity (Wildman–Crippen MR) is 137 cm³/mol. The average Bonchev–Trinajstić information content (AvgIpc) is 2.83. The van der Waals surface area contributed by atoms with Crippen LogP contribution in [0.5, 0.6) is 0 Å². The van der Waals surface area contributed by atoms with E-state index >= 15 is 0 Å². The average molecular weight is 490 g/mol. The van der Waals surface area contributed by atoms with Crippen molar-refractivity contribution in [3.8, 4) is 0 Å². The summed E-state index contributed by atoms with van der Waals surface area (Å²) in [6, 6.07) is 0. The van der Waals surface area contributed by atoms with Crippen LogP contribution in [0.2, 0.25) is 0 Å². The number of hydrogen-bond donors (Lipinski definition) is 2. The van der Waals surface area contributed by atoms with E-state index in [2.05, 4.69) is 32.1 Å². The summed E-state index contributed by atoms with van der Waals surface area (Å²) in [6.07, 6.45) is 11.6. The Bertz CT molecular complexity index is 771. The highest BCUT2D eigenvalue weighted by molar-refractivity contribution is 5.76. The molecule has 1 saturated heterocycles. The molecule has 0 bridgehead atoms. The number of amides is 1. The summed E-state index contributed by atoms with van der Waals surface area (Å²) < 4.78 is 6.08. The molecule has 198 valence electrons. The largest absolute Gasteiger partial charge is 0.461 e. The number of fused-ring (bicyclic) bond motifs is 1. The molecule has 8 atom stereocenters. The van der Waals surface area contributed by atoms with Crippen LogP contribution < -0.4 is 0 Å². The fraction of sp³-hybridized carbons (Fsp3) is 0.793. The van der Waals surface area contributed by atoms with Crippen LogP contribution in [0, 0.1) is 29.6 Å². The minimum Gasteiger partial charge on any atom is -0.461 e. The normalized spacial score (nSPS) is 31.2. The summed E-state index contributed by atoms with van der Waals surface area (Å²) in [7, 11) is 0. The Labute approximate surface area is 211 Å². The topological polar surface area (TPSA) is 87.1 Å². The van der Waals surface area contributed by atoms with Gasteiger partial charge < -0.3 is 19.8 Å². The summed E-state index contributed by atoms with van der Waals surface area (Å²) >= 11 is 0. The van der Waals surface area contributed by atoms with Crippen LogP contribution in [-0.2, 0) is 14.3 Å². The molecule has 0 saturated carbocycles. The van der Waals surface area contributed by atoms with Crippen molar-refractivity contribution in [2.75, 3.05) is 13.1 Å². The molecule has 0 aromatic rings. The third-order valence-electron chi connectivity index (χ3n) is 8.37. The quantitative estimate of drug-likeness (QED) is 0.437. The molecular formula is C29H47NO5. The first-order chi connectivity index (χ1) is 16.7. The van der Waals surface area contributed by atoms with Crippen molar-refractivity contribution in [1.82, 2.24) is 4.90 Å². The van der Waals surface area contributed by atoms with Crippen LogP contribution in [0.3, 0.4) is 0 Å². The van der Waals surface area contributed by atoms with E-state index in [1.54, 1.807) is 0 Å². The van der Waals surface area contributed by atoms with E-state index in [0.717, 1.165) is 51.6 Å². The van der Waals surface area contributed by atoms with E-state index in [0.29, 0.717) is 18.3 Å². The molecule has 1 heterocycles. The van der Waals surface area contributed by atoms with E-state index in [-0.39, 0.29) is 48.6 Å². The van der Waals surface area contributed by atoms with Crippen molar-refractivity contribution in [2.24, 2.45) is 29.6 Å². The molecule has 1 aliphatic heterocycles. The lowest BCUT2D eigenvalue weighted by atomic mass is 9.65. The van der Waals surface area contributed by atoms with Crippen molar-refractivity contribution in [1.29, 1.82) is 0 Å². The van der Waals surface area contributed by atoms with Gasteiger partial charge in [0, 0.05) is 19.0 Å². The second kappa shape index (κ2) is 13.0. The Morgan fingerprint density at radius 1 is 1.14 bits per heavy atom. The van der Waals surface area contributed by atoms with Gasteiger partial charge in [-0.15, -0.1) is 0 Å². The number of rotatable bonds is 10. The van der Waals surface area contributed by atoms with Crippen LogP contribution in [0.1, 0.15) is 85.5 Å². The van der Waals surface area contributed by atoms with Gasteiger partial charge >= 0.3 is 5.97 Å². The molecule has 3 rings (SSSR count). The molecule has 0 aromatic carbocycles. The van der Waals surface area contributed by atoms with E-state index < -0.39 is 12.2 Å². The van der Waals surface area contributed by atoms with Crippen LogP contribution in [0.4, 0.5) is 0 Å². The molecule has 6 nitrogen and oxygen atoms in total. The second-order valence-corrected chi connectivity index (χ2v) is 11.3. The minimum absolute atomic E-state index is 0.00694. The third kappa shape index (κ3) is 7.66. The zero-order valence-corrected chi connectivity index (χ0v) is 22.2. The number of allylic oxidation sites excluding steroid dienone is 3. The standard InChI is InChI=1S/C29H47NO5/c1-5-20(3)29(34)35-26-16-19(2)15-22-10-9-21(4)25(28(22)26)12-11-23(31)17-24(32)18-27(33)30-13-7-6-8-14-30/h9-10,15,19-21,23-26,28,31-32H,5-8,11-14,16-18H2,1-4H3/t19-,20?,21-,23+,24+,25-,26-,28-/m0/s1. The molecule has 1 fully saturated rings. The van der Waals surface area contributed by atoms with Crippen LogP contribution >= 0.6 is 0 Å². The highest BCUT2D eigenvalue weighted by Crippen LogP contribution is 2.45. The van der Waals surface area contributed by atoms with Gasteiger partial charge in [-0.2, -0.15) is 0 Å². The minimum atomic E-state index is -0.821. The van der Waals surface area contributed by atoms with Gasteiger partial charge in [-0.1, -0.05) is 45.9 Å². The Morgan fingerprint density at radius 2 is 1.86 bits per heavy atom. The highest BCUT2D eigenvalue weighted by atomic mass is 16.5. The molecule has 35 heavy (non-hydrogen) atoms. The number of aliphatic hydroxyl groups is 2. The van der Waals surface area contributed by atoms with Crippen LogP contribution in [0.15, 0.2) is 23.8 Å². The number of hydrogen-bond acceptors (Lipinski definition) is 5. The molecule has 1 unspecified atom stereocenters. The first-order valence-electron chi connectivity index (χ1n) is 13.9. The van der Waals surface area contributed by atoms with E-state index in [4.69, 9.17) is 4.74 Å². The predicted octanol–water partition coefficient (Wildman–Crippen LogP) is 4.64. The number of carbonyl (C=O) groups is 2. The number of aliphatic hydroxyl groups excluding tert-OH is 2. The zero-order chi connectivity index (χ0) is 25.5. The maximum absolute atomic E-state index is 12.6. The number of piperidine rings is 1. The summed E-state index contributed by atoms with van der Waals surface area (Å²) in [5.74, 6) is 0.833. The van der Waals surface area contributed by atoms with Gasteiger partial charge in [0.25, 0.3) is 0 Å². The van der Waals surface area contributed by atoms with Gasteiger partial charge in [0.2, 0.25) is 5.91 Å². The van der Waals surface area contributed by atoms with Crippen molar-refractivity contribution >= 4 is 11.9 Å². The Morgan fingerprint density at radius 3 is 2.54 bits per heavy atom. The lowest BCUT2D eigenvalue weighted by Gasteiger charge is -2.43. The zero-order valence-electron chi connectivity index (χ0n) is 22.2. The summed E-state index contributed by atoms with van der Waals surface area (Å²) in [5.41, 5.74) is 1.25. The summed E-state index contributed by atoms with van der Waals surface area (Å²) in [4.78, 5) is 26.9. The fourth-order valence-corrected chi connectivity index (χ4v) is 6.03. The van der Waals surface area contributed by atoms with E-state index in [9.17, 15) is 19.8 Å². The van der Waals surface area contributed by atoms with E-state index in [1.807, 2.05) is 18.7 Å². The van der Waals surface area contributed by atoms with Crippen LogP contribution in [0.25, 0.3) is 0 Å². The molecule has 2 aliphatic carbocycles. The highest BCUT2D eigenvalue weighted by Gasteiger charge is 2.41. The van der Waals surface area contributed by atoms with Gasteiger partial charge in [-0.25, -0.2) is 0 Å². The summed E-state index contributed by atoms with van der Waals surface area (Å²) in [6.45, 7) is 9.85. The van der Waals surface area contributed by atoms with Gasteiger partial charge in [-0.05, 0) is 74.7 Å². The molecule has 6 heteroatoms. The van der Waals surface area contributed by atoms with Gasteiger partial charge in [-0.3, -0.25) is 9.59 Å². The Balaban J connectivity index is 1.57. The van der Waals surface area contributed by atoms with E-state index in [1.165, 1.54) is 5.57 Å². The van der Waals surface area contributed by atoms with Gasteiger partial charge in [0.15, 0.2) is 0 Å². The van der Waals surface area contributed by atoms with Crippen LogP contribution in [-0.4, -0.2) is 58.4 Å². The maximum Gasteiger partial charge on any atom is 0.308 e. The van der Waals surface area contributed by atoms with Gasteiger partial charge in [0.05, 0.1) is 24.5 Å². The van der Waals surface area contributed by atoms with Gasteiger partial charge in [0.1, 0.15) is 6.10 Å². The van der Waals surface area contributed by atoms with Crippen molar-refractivity contribution in [2.45, 2.75) is 104 Å². The molecule has 0 radical (unpaired) electrons. The number of esters is 1. The molecule has 1 amide bonds. The molecule has 0 aromatic heterocycles. The number of ether oxygens (including phenoxy) is 1. The van der Waals surface area contributed by atoms with Crippen molar-refractivity contribution < 1.29 is 24.5 Å². The number of nitrogens with zero attached hydrogens (tertiary/aromatic N) is 1. The first kappa shape index (κ1) is 27.9. The lowest BCUT2D eigenvalue weighted by Crippen LogP contribution is -2.41. The third-order valence-corrected chi connectivity index (χ3v) is 8.37.